The van der Waals surface area contributed by atoms with E-state index in [1.165, 1.54) is 11.3 Å². The fourth-order valence-corrected chi connectivity index (χ4v) is 1.99. The van der Waals surface area contributed by atoms with Gasteiger partial charge in [-0.3, -0.25) is 0 Å². The molecule has 0 aliphatic rings. The van der Waals surface area contributed by atoms with Crippen LogP contribution in [0.15, 0.2) is 42.6 Å². The van der Waals surface area contributed by atoms with E-state index in [1.54, 1.807) is 0 Å². The molecule has 0 amide bonds. The summed E-state index contributed by atoms with van der Waals surface area (Å²) in [5, 5.41) is 3.95. The van der Waals surface area contributed by atoms with Crippen molar-refractivity contribution in [1.29, 1.82) is 0 Å². The first-order valence-corrected chi connectivity index (χ1v) is 5.70. The van der Waals surface area contributed by atoms with Crippen molar-refractivity contribution in [3.63, 3.8) is 0 Å². The van der Waals surface area contributed by atoms with Gasteiger partial charge in [-0.2, -0.15) is 0 Å². The van der Waals surface area contributed by atoms with Gasteiger partial charge in [0.15, 0.2) is 0 Å². The zero-order valence-corrected chi connectivity index (χ0v) is 10.0. The third-order valence-corrected chi connectivity index (χ3v) is 2.76. The van der Waals surface area contributed by atoms with Crippen molar-refractivity contribution < 1.29 is 0 Å². The van der Waals surface area contributed by atoms with Crippen molar-refractivity contribution in [2.45, 2.75) is 13.1 Å². The summed E-state index contributed by atoms with van der Waals surface area (Å²) in [6.07, 6.45) is 2.09. The molecule has 0 aliphatic carbocycles. The summed E-state index contributed by atoms with van der Waals surface area (Å²) in [6, 6.07) is 12.2. The van der Waals surface area contributed by atoms with Crippen molar-refractivity contribution in [2.24, 2.45) is 0 Å². The second-order valence-corrected chi connectivity index (χ2v) is 4.22. The molecule has 2 nitrogen and oxygen atoms in total. The normalized spacial score (nSPS) is 10.6. The summed E-state index contributed by atoms with van der Waals surface area (Å²) in [5.74, 6) is 0. The maximum Gasteiger partial charge on any atom is 0.0473 e. The number of hydrogen-bond donors (Lipinski definition) is 1. The van der Waals surface area contributed by atoms with Crippen LogP contribution < -0.4 is 5.32 Å². The summed E-state index contributed by atoms with van der Waals surface area (Å²) >= 11 is 5.96. The minimum Gasteiger partial charge on any atom is -0.346 e. The first-order valence-electron chi connectivity index (χ1n) is 5.32. The van der Waals surface area contributed by atoms with Gasteiger partial charge in [-0.15, -0.1) is 0 Å². The van der Waals surface area contributed by atoms with Crippen LogP contribution in [0.3, 0.4) is 0 Å². The van der Waals surface area contributed by atoms with E-state index in [4.69, 9.17) is 11.6 Å². The van der Waals surface area contributed by atoms with Gasteiger partial charge in [0.05, 0.1) is 0 Å². The van der Waals surface area contributed by atoms with Crippen molar-refractivity contribution >= 4 is 11.6 Å². The largest absolute Gasteiger partial charge is 0.346 e. The Labute approximate surface area is 101 Å². The fourth-order valence-electron chi connectivity index (χ4n) is 1.78. The smallest absolute Gasteiger partial charge is 0.0473 e. The third kappa shape index (κ3) is 2.65. The number of nitrogens with zero attached hydrogens (tertiary/aromatic N) is 1. The van der Waals surface area contributed by atoms with E-state index in [0.717, 1.165) is 18.1 Å². The molecule has 0 bridgehead atoms. The number of rotatable bonds is 4. The summed E-state index contributed by atoms with van der Waals surface area (Å²) in [4.78, 5) is 0. The Balaban J connectivity index is 2.17. The number of benzene rings is 1. The van der Waals surface area contributed by atoms with E-state index in [1.807, 2.05) is 25.2 Å². The monoisotopic (exact) mass is 234 g/mol. The van der Waals surface area contributed by atoms with Gasteiger partial charge in [-0.05, 0) is 36.9 Å². The third-order valence-electron chi connectivity index (χ3n) is 2.52. The molecular formula is C13H15ClN2. The topological polar surface area (TPSA) is 17.0 Å². The van der Waals surface area contributed by atoms with Gasteiger partial charge in [0.1, 0.15) is 0 Å². The van der Waals surface area contributed by atoms with E-state index in [9.17, 15) is 0 Å². The standard InChI is InChI=1S/C13H15ClN2/c1-15-9-13-6-3-7-16(13)10-11-4-2-5-12(14)8-11/h2-8,15H,9-10H2,1H3. The van der Waals surface area contributed by atoms with Crippen LogP contribution in [0.4, 0.5) is 0 Å². The van der Waals surface area contributed by atoms with E-state index in [-0.39, 0.29) is 0 Å². The van der Waals surface area contributed by atoms with Gasteiger partial charge in [0, 0.05) is 30.0 Å². The minimum absolute atomic E-state index is 0.792. The molecule has 1 aromatic heterocycles. The zero-order valence-electron chi connectivity index (χ0n) is 9.28. The molecule has 0 atom stereocenters. The van der Waals surface area contributed by atoms with Crippen LogP contribution in [0.25, 0.3) is 0 Å². The lowest BCUT2D eigenvalue weighted by atomic mass is 10.2. The molecule has 0 radical (unpaired) electrons. The van der Waals surface area contributed by atoms with Gasteiger partial charge in [0.25, 0.3) is 0 Å². The van der Waals surface area contributed by atoms with Gasteiger partial charge in [0.2, 0.25) is 0 Å². The van der Waals surface area contributed by atoms with E-state index in [2.05, 4.69) is 34.3 Å². The molecule has 16 heavy (non-hydrogen) atoms. The highest BCUT2D eigenvalue weighted by molar-refractivity contribution is 6.30. The lowest BCUT2D eigenvalue weighted by Gasteiger charge is -2.09. The van der Waals surface area contributed by atoms with Crippen LogP contribution >= 0.6 is 11.6 Å². The summed E-state index contributed by atoms with van der Waals surface area (Å²) in [6.45, 7) is 1.75. The second kappa shape index (κ2) is 5.19. The molecule has 0 saturated carbocycles. The average Bonchev–Trinajstić information content (AvgIpc) is 2.66. The summed E-state index contributed by atoms with van der Waals surface area (Å²) < 4.78 is 2.22. The van der Waals surface area contributed by atoms with Gasteiger partial charge < -0.3 is 9.88 Å². The van der Waals surface area contributed by atoms with Crippen LogP contribution in [0.5, 0.6) is 0 Å². The van der Waals surface area contributed by atoms with Gasteiger partial charge in [-0.1, -0.05) is 23.7 Å². The maximum absolute atomic E-state index is 5.96. The predicted octanol–water partition coefficient (Wildman–Crippen LogP) is 2.91. The molecule has 2 aromatic rings. The molecular weight excluding hydrogens is 220 g/mol. The fraction of sp³-hybridized carbons (Fsp3) is 0.231. The van der Waals surface area contributed by atoms with E-state index in [0.29, 0.717) is 0 Å². The number of hydrogen-bond acceptors (Lipinski definition) is 1. The van der Waals surface area contributed by atoms with Crippen molar-refractivity contribution in [2.75, 3.05) is 7.05 Å². The molecule has 0 fully saturated rings. The van der Waals surface area contributed by atoms with Crippen molar-refractivity contribution in [3.8, 4) is 0 Å². The molecule has 3 heteroatoms. The molecule has 0 saturated heterocycles. The first-order chi connectivity index (χ1) is 7.79. The highest BCUT2D eigenvalue weighted by atomic mass is 35.5. The molecule has 0 aliphatic heterocycles. The lowest BCUT2D eigenvalue weighted by Crippen LogP contribution is -2.11. The highest BCUT2D eigenvalue weighted by Gasteiger charge is 2.01. The van der Waals surface area contributed by atoms with Crippen LogP contribution in [0.2, 0.25) is 5.02 Å². The SMILES string of the molecule is CNCc1cccn1Cc1cccc(Cl)c1. The second-order valence-electron chi connectivity index (χ2n) is 3.79. The zero-order chi connectivity index (χ0) is 11.4. The van der Waals surface area contributed by atoms with Gasteiger partial charge in [-0.25, -0.2) is 0 Å². The molecule has 84 valence electrons. The Bertz CT molecular complexity index is 462. The van der Waals surface area contributed by atoms with E-state index < -0.39 is 0 Å². The quantitative estimate of drug-likeness (QED) is 0.861. The Kier molecular flexibility index (Phi) is 3.65. The van der Waals surface area contributed by atoms with Crippen LogP contribution in [-0.4, -0.2) is 11.6 Å². The van der Waals surface area contributed by atoms with Crippen LogP contribution in [-0.2, 0) is 13.1 Å². The number of nitrogens with one attached hydrogen (secondary N) is 1. The molecule has 1 N–H and O–H groups in total. The minimum atomic E-state index is 0.792. The molecule has 0 unspecified atom stereocenters. The van der Waals surface area contributed by atoms with Crippen molar-refractivity contribution in [1.82, 2.24) is 9.88 Å². The molecule has 2 rings (SSSR count). The first kappa shape index (κ1) is 11.2. The Morgan fingerprint density at radius 2 is 2.12 bits per heavy atom. The molecule has 1 aromatic carbocycles. The Morgan fingerprint density at radius 1 is 1.25 bits per heavy atom. The number of aromatic nitrogens is 1. The van der Waals surface area contributed by atoms with Crippen LogP contribution in [0, 0.1) is 0 Å². The predicted molar refractivity (Wildman–Crippen MR) is 67.7 cm³/mol. The average molecular weight is 235 g/mol. The lowest BCUT2D eigenvalue weighted by molar-refractivity contribution is 0.694. The van der Waals surface area contributed by atoms with Crippen LogP contribution in [0.1, 0.15) is 11.3 Å². The Morgan fingerprint density at radius 3 is 2.88 bits per heavy atom. The van der Waals surface area contributed by atoms with Gasteiger partial charge >= 0.3 is 0 Å². The Hall–Kier alpha value is -1.25. The van der Waals surface area contributed by atoms with Crippen molar-refractivity contribution in [3.05, 3.63) is 58.9 Å². The molecule has 1 heterocycles. The maximum atomic E-state index is 5.96. The molecule has 0 spiro atoms. The summed E-state index contributed by atoms with van der Waals surface area (Å²) in [5.41, 5.74) is 2.50. The highest BCUT2D eigenvalue weighted by Crippen LogP contribution is 2.13. The summed E-state index contributed by atoms with van der Waals surface area (Å²) in [7, 11) is 1.96. The number of halogens is 1. The van der Waals surface area contributed by atoms with E-state index >= 15 is 0 Å².